The first-order valence-corrected chi connectivity index (χ1v) is 8.49. The van der Waals surface area contributed by atoms with Crippen molar-refractivity contribution in [2.75, 3.05) is 13.7 Å². The summed E-state index contributed by atoms with van der Waals surface area (Å²) >= 11 is 0. The number of alkyl halides is 3. The number of amides is 1. The van der Waals surface area contributed by atoms with Crippen molar-refractivity contribution in [2.24, 2.45) is 0 Å². The van der Waals surface area contributed by atoms with E-state index in [2.05, 4.69) is 25.3 Å². The summed E-state index contributed by atoms with van der Waals surface area (Å²) in [5.74, 6) is -1.41. The number of ether oxygens (including phenoxy) is 1. The van der Waals surface area contributed by atoms with Crippen LogP contribution in [0.5, 0.6) is 5.75 Å². The van der Waals surface area contributed by atoms with Gasteiger partial charge < -0.3 is 20.1 Å². The number of hydrogen-bond acceptors (Lipinski definition) is 6. The van der Waals surface area contributed by atoms with Crippen molar-refractivity contribution >= 4 is 22.9 Å². The van der Waals surface area contributed by atoms with Gasteiger partial charge in [0.2, 0.25) is 0 Å². The number of aryl methyl sites for hydroxylation is 1. The third-order valence-corrected chi connectivity index (χ3v) is 3.64. The van der Waals surface area contributed by atoms with Crippen molar-refractivity contribution in [3.8, 4) is 5.75 Å². The zero-order valence-corrected chi connectivity index (χ0v) is 15.9. The molecule has 9 nitrogen and oxygen atoms in total. The Bertz CT molecular complexity index is 1020. The molecule has 3 N–H and O–H groups in total. The van der Waals surface area contributed by atoms with Crippen molar-refractivity contribution in [3.05, 3.63) is 47.8 Å². The molecule has 160 valence electrons. The summed E-state index contributed by atoms with van der Waals surface area (Å²) in [5, 5.41) is 9.93. The highest BCUT2D eigenvalue weighted by atomic mass is 19.4. The largest absolute Gasteiger partial charge is 0.497 e. The van der Waals surface area contributed by atoms with Gasteiger partial charge in [-0.1, -0.05) is 0 Å². The molecule has 0 bridgehead atoms. The number of aromatic amines is 1. The number of halogens is 3. The van der Waals surface area contributed by atoms with Gasteiger partial charge in [-0.25, -0.2) is 14.8 Å². The van der Waals surface area contributed by atoms with Gasteiger partial charge in [0.05, 0.1) is 30.0 Å². The fourth-order valence-corrected chi connectivity index (χ4v) is 2.18. The molecule has 0 unspecified atom stereocenters. The SMILES string of the molecule is COc1ccc2nc(CCNC(=O)c3cnc(C)cn3)[nH]c2c1.O=C(O)C(F)(F)F. The lowest BCUT2D eigenvalue weighted by Crippen LogP contribution is -2.26. The van der Waals surface area contributed by atoms with Gasteiger partial charge in [-0.2, -0.15) is 13.2 Å². The molecule has 0 aliphatic rings. The Morgan fingerprint density at radius 3 is 2.50 bits per heavy atom. The summed E-state index contributed by atoms with van der Waals surface area (Å²) in [6, 6.07) is 5.66. The molecule has 0 aliphatic heterocycles. The van der Waals surface area contributed by atoms with Crippen LogP contribution in [0.15, 0.2) is 30.6 Å². The summed E-state index contributed by atoms with van der Waals surface area (Å²) < 4.78 is 36.9. The summed E-state index contributed by atoms with van der Waals surface area (Å²) in [7, 11) is 1.63. The van der Waals surface area contributed by atoms with Crippen LogP contribution in [0.2, 0.25) is 0 Å². The van der Waals surface area contributed by atoms with Crippen LogP contribution >= 0.6 is 0 Å². The molecule has 0 aliphatic carbocycles. The van der Waals surface area contributed by atoms with E-state index >= 15 is 0 Å². The zero-order valence-electron chi connectivity index (χ0n) is 15.9. The van der Waals surface area contributed by atoms with E-state index in [4.69, 9.17) is 14.6 Å². The van der Waals surface area contributed by atoms with Crippen molar-refractivity contribution in [1.29, 1.82) is 0 Å². The molecule has 2 heterocycles. The van der Waals surface area contributed by atoms with E-state index in [1.54, 1.807) is 13.3 Å². The third kappa shape index (κ3) is 6.43. The molecular formula is C18H18F3N5O4. The number of nitrogens with one attached hydrogen (secondary N) is 2. The maximum atomic E-state index is 11.9. The van der Waals surface area contributed by atoms with E-state index in [9.17, 15) is 18.0 Å². The van der Waals surface area contributed by atoms with E-state index in [0.717, 1.165) is 28.3 Å². The standard InChI is InChI=1S/C16H17N5O2.C2HF3O2/c1-10-8-19-14(9-18-10)16(22)17-6-5-15-20-12-4-3-11(23-2)7-13(12)21-15;3-2(4,5)1(6)7/h3-4,7-9H,5-6H2,1-2H3,(H,17,22)(H,20,21);(H,6,7). The summed E-state index contributed by atoms with van der Waals surface area (Å²) in [6.45, 7) is 2.29. The molecule has 0 saturated heterocycles. The van der Waals surface area contributed by atoms with Crippen molar-refractivity contribution < 1.29 is 32.6 Å². The number of hydrogen-bond donors (Lipinski definition) is 3. The minimum absolute atomic E-state index is 0.240. The molecule has 2 aromatic heterocycles. The number of carboxylic acid groups (broad SMARTS) is 1. The molecule has 3 aromatic rings. The number of nitrogens with zero attached hydrogens (tertiary/aromatic N) is 3. The summed E-state index contributed by atoms with van der Waals surface area (Å²) in [5.41, 5.74) is 2.87. The van der Waals surface area contributed by atoms with Gasteiger partial charge in [0.1, 0.15) is 17.3 Å². The first kappa shape index (κ1) is 22.6. The minimum atomic E-state index is -5.08. The van der Waals surface area contributed by atoms with Crippen molar-refractivity contribution in [2.45, 2.75) is 19.5 Å². The second-order valence-corrected chi connectivity index (χ2v) is 5.92. The smallest absolute Gasteiger partial charge is 0.490 e. The average Bonchev–Trinajstić information content (AvgIpc) is 3.09. The molecule has 1 amide bonds. The van der Waals surface area contributed by atoms with Crippen LogP contribution in [0.25, 0.3) is 11.0 Å². The van der Waals surface area contributed by atoms with Crippen LogP contribution < -0.4 is 10.1 Å². The lowest BCUT2D eigenvalue weighted by molar-refractivity contribution is -0.192. The van der Waals surface area contributed by atoms with Crippen LogP contribution in [-0.4, -0.2) is 56.7 Å². The maximum absolute atomic E-state index is 11.9. The normalized spacial score (nSPS) is 10.8. The van der Waals surface area contributed by atoms with Gasteiger partial charge in [0, 0.05) is 25.2 Å². The van der Waals surface area contributed by atoms with Crippen LogP contribution in [-0.2, 0) is 11.2 Å². The lowest BCUT2D eigenvalue weighted by atomic mass is 10.3. The molecular weight excluding hydrogens is 407 g/mol. The maximum Gasteiger partial charge on any atom is 0.490 e. The second-order valence-electron chi connectivity index (χ2n) is 5.92. The van der Waals surface area contributed by atoms with Crippen molar-refractivity contribution in [1.82, 2.24) is 25.3 Å². The predicted molar refractivity (Wildman–Crippen MR) is 99.1 cm³/mol. The summed E-state index contributed by atoms with van der Waals surface area (Å²) in [4.78, 5) is 36.6. The highest BCUT2D eigenvalue weighted by Gasteiger charge is 2.38. The number of rotatable bonds is 5. The summed E-state index contributed by atoms with van der Waals surface area (Å²) in [6.07, 6.45) is -1.44. The zero-order chi connectivity index (χ0) is 22.3. The topological polar surface area (TPSA) is 130 Å². The van der Waals surface area contributed by atoms with Crippen molar-refractivity contribution in [3.63, 3.8) is 0 Å². The number of carboxylic acids is 1. The van der Waals surface area contributed by atoms with E-state index < -0.39 is 12.1 Å². The number of carbonyl (C=O) groups excluding carboxylic acids is 1. The minimum Gasteiger partial charge on any atom is -0.497 e. The predicted octanol–water partition coefficient (Wildman–Crippen LogP) is 2.28. The Morgan fingerprint density at radius 2 is 1.93 bits per heavy atom. The highest BCUT2D eigenvalue weighted by molar-refractivity contribution is 5.91. The average molecular weight is 425 g/mol. The molecule has 0 fully saturated rings. The number of imidazole rings is 1. The molecule has 1 aromatic carbocycles. The van der Waals surface area contributed by atoms with Gasteiger partial charge >= 0.3 is 12.1 Å². The Morgan fingerprint density at radius 1 is 1.23 bits per heavy atom. The number of methoxy groups -OCH3 is 1. The number of benzene rings is 1. The van der Waals surface area contributed by atoms with Gasteiger partial charge in [-0.05, 0) is 19.1 Å². The van der Waals surface area contributed by atoms with Crippen LogP contribution in [0.4, 0.5) is 13.2 Å². The fraction of sp³-hybridized carbons (Fsp3) is 0.278. The van der Waals surface area contributed by atoms with E-state index in [-0.39, 0.29) is 5.91 Å². The molecule has 0 saturated carbocycles. The Balaban J connectivity index is 0.000000396. The molecule has 0 radical (unpaired) electrons. The van der Waals surface area contributed by atoms with Crippen LogP contribution in [0.3, 0.4) is 0 Å². The second kappa shape index (κ2) is 9.67. The van der Waals surface area contributed by atoms with E-state index in [0.29, 0.717) is 18.7 Å². The van der Waals surface area contributed by atoms with Gasteiger partial charge in [-0.15, -0.1) is 0 Å². The van der Waals surface area contributed by atoms with Crippen LogP contribution in [0, 0.1) is 6.92 Å². The molecule has 12 heteroatoms. The first-order valence-electron chi connectivity index (χ1n) is 8.49. The Labute approximate surface area is 168 Å². The quantitative estimate of drug-likeness (QED) is 0.572. The van der Waals surface area contributed by atoms with Crippen LogP contribution in [0.1, 0.15) is 22.0 Å². The molecule has 0 atom stereocenters. The monoisotopic (exact) mass is 425 g/mol. The molecule has 30 heavy (non-hydrogen) atoms. The number of carbonyl (C=O) groups is 2. The third-order valence-electron chi connectivity index (χ3n) is 3.64. The highest BCUT2D eigenvalue weighted by Crippen LogP contribution is 2.18. The number of H-pyrrole nitrogens is 1. The van der Waals surface area contributed by atoms with E-state index in [1.807, 2.05) is 25.1 Å². The van der Waals surface area contributed by atoms with Gasteiger partial charge in [0.15, 0.2) is 0 Å². The number of aliphatic carboxylic acids is 1. The Kier molecular flexibility index (Phi) is 7.28. The first-order chi connectivity index (χ1) is 14.1. The van der Waals surface area contributed by atoms with E-state index in [1.165, 1.54) is 6.20 Å². The van der Waals surface area contributed by atoms with Gasteiger partial charge in [-0.3, -0.25) is 9.78 Å². The molecule has 0 spiro atoms. The number of fused-ring (bicyclic) bond motifs is 1. The molecule has 3 rings (SSSR count). The lowest BCUT2D eigenvalue weighted by Gasteiger charge is -2.03. The number of aromatic nitrogens is 4. The Hall–Kier alpha value is -3.70. The van der Waals surface area contributed by atoms with Gasteiger partial charge in [0.25, 0.3) is 5.91 Å². The fourth-order valence-electron chi connectivity index (χ4n) is 2.18.